The number of urea groups is 1. The largest absolute Gasteiger partial charge is 0.481 e. The molecule has 9 nitrogen and oxygen atoms in total. The first-order valence-corrected chi connectivity index (χ1v) is 8.30. The van der Waals surface area contributed by atoms with E-state index in [1.807, 2.05) is 6.92 Å². The van der Waals surface area contributed by atoms with Crippen molar-refractivity contribution in [3.63, 3.8) is 0 Å². The van der Waals surface area contributed by atoms with E-state index in [1.165, 1.54) is 0 Å². The Kier molecular flexibility index (Phi) is 5.41. The zero-order valence-electron chi connectivity index (χ0n) is 14.6. The third kappa shape index (κ3) is 4.88. The number of carbonyl (C=O) groups is 2. The lowest BCUT2D eigenvalue weighted by molar-refractivity contribution is -0.136. The molecule has 3 rings (SSSR count). The van der Waals surface area contributed by atoms with Crippen LogP contribution in [0.25, 0.3) is 11.2 Å². The summed E-state index contributed by atoms with van der Waals surface area (Å²) in [6.07, 6.45) is 1.50. The van der Waals surface area contributed by atoms with E-state index < -0.39 is 5.97 Å². The van der Waals surface area contributed by atoms with Crippen molar-refractivity contribution in [3.8, 4) is 0 Å². The summed E-state index contributed by atoms with van der Waals surface area (Å²) in [7, 11) is 0. The van der Waals surface area contributed by atoms with Gasteiger partial charge in [-0.1, -0.05) is 12.1 Å². The predicted molar refractivity (Wildman–Crippen MR) is 101 cm³/mol. The van der Waals surface area contributed by atoms with E-state index in [0.717, 1.165) is 0 Å². The molecule has 2 amide bonds. The second kappa shape index (κ2) is 8.09. The Morgan fingerprint density at radius 2 is 1.93 bits per heavy atom. The average molecular weight is 366 g/mol. The van der Waals surface area contributed by atoms with Crippen molar-refractivity contribution >= 4 is 40.5 Å². The van der Waals surface area contributed by atoms with Crippen LogP contribution in [0.1, 0.15) is 12.5 Å². The van der Waals surface area contributed by atoms with Gasteiger partial charge in [0.05, 0.1) is 12.6 Å². The summed E-state index contributed by atoms with van der Waals surface area (Å²) >= 11 is 0. The number of carboxylic acids is 1. The molecule has 0 radical (unpaired) electrons. The fourth-order valence-electron chi connectivity index (χ4n) is 2.43. The number of carboxylic acid groups (broad SMARTS) is 1. The number of amides is 2. The number of nitrogens with zero attached hydrogens (tertiary/aromatic N) is 3. The average Bonchev–Trinajstić information content (AvgIpc) is 2.61. The number of aromatic nitrogens is 3. The summed E-state index contributed by atoms with van der Waals surface area (Å²) < 4.78 is 0. The van der Waals surface area contributed by atoms with Gasteiger partial charge < -0.3 is 15.7 Å². The lowest BCUT2D eigenvalue weighted by Gasteiger charge is -2.08. The molecule has 138 valence electrons. The number of anilines is 3. The van der Waals surface area contributed by atoms with E-state index in [2.05, 4.69) is 30.9 Å². The fourth-order valence-corrected chi connectivity index (χ4v) is 2.43. The Labute approximate surface area is 154 Å². The number of rotatable bonds is 6. The third-order valence-corrected chi connectivity index (χ3v) is 3.54. The van der Waals surface area contributed by atoms with Crippen molar-refractivity contribution in [2.45, 2.75) is 13.3 Å². The Hall–Kier alpha value is -3.75. The Morgan fingerprint density at radius 1 is 1.11 bits per heavy atom. The fraction of sp³-hybridized carbons (Fsp3) is 0.167. The smallest absolute Gasteiger partial charge is 0.320 e. The highest BCUT2D eigenvalue weighted by Gasteiger charge is 2.07. The van der Waals surface area contributed by atoms with Gasteiger partial charge >= 0.3 is 12.0 Å². The number of nitrogens with one attached hydrogen (secondary N) is 3. The maximum atomic E-state index is 11.6. The molecule has 2 aromatic heterocycles. The molecule has 0 saturated heterocycles. The number of carbonyl (C=O) groups excluding carboxylic acids is 1. The molecule has 0 saturated carbocycles. The second-order valence-electron chi connectivity index (χ2n) is 5.67. The minimum Gasteiger partial charge on any atom is -0.481 e. The lowest BCUT2D eigenvalue weighted by Crippen LogP contribution is -2.28. The highest BCUT2D eigenvalue weighted by molar-refractivity contribution is 5.89. The van der Waals surface area contributed by atoms with Crippen molar-refractivity contribution < 1.29 is 14.7 Å². The van der Waals surface area contributed by atoms with Crippen molar-refractivity contribution in [3.05, 3.63) is 48.2 Å². The molecule has 0 aliphatic carbocycles. The zero-order chi connectivity index (χ0) is 19.2. The summed E-state index contributed by atoms with van der Waals surface area (Å²) in [5, 5.41) is 17.2. The molecular weight excluding hydrogens is 348 g/mol. The van der Waals surface area contributed by atoms with E-state index in [0.29, 0.717) is 40.6 Å². The molecule has 0 unspecified atom stereocenters. The van der Waals surface area contributed by atoms with Crippen LogP contribution in [0, 0.1) is 0 Å². The maximum absolute atomic E-state index is 11.6. The summed E-state index contributed by atoms with van der Waals surface area (Å²) in [6, 6.07) is 10.1. The van der Waals surface area contributed by atoms with Gasteiger partial charge in [0.1, 0.15) is 11.3 Å². The zero-order valence-corrected chi connectivity index (χ0v) is 14.6. The van der Waals surface area contributed by atoms with Crippen LogP contribution in [0.5, 0.6) is 0 Å². The molecule has 27 heavy (non-hydrogen) atoms. The van der Waals surface area contributed by atoms with Gasteiger partial charge in [-0.05, 0) is 36.8 Å². The van der Waals surface area contributed by atoms with Crippen LogP contribution in [0.4, 0.5) is 22.1 Å². The van der Waals surface area contributed by atoms with Crippen LogP contribution in [0.15, 0.2) is 42.6 Å². The van der Waals surface area contributed by atoms with Crippen LogP contribution >= 0.6 is 0 Å². The lowest BCUT2D eigenvalue weighted by atomic mass is 10.1. The van der Waals surface area contributed by atoms with Gasteiger partial charge in [-0.2, -0.15) is 0 Å². The van der Waals surface area contributed by atoms with Crippen molar-refractivity contribution in [2.75, 3.05) is 17.2 Å². The first-order valence-electron chi connectivity index (χ1n) is 8.30. The predicted octanol–water partition coefficient (Wildman–Crippen LogP) is 2.54. The molecule has 9 heteroatoms. The number of benzene rings is 1. The van der Waals surface area contributed by atoms with Crippen LogP contribution in [-0.2, 0) is 11.2 Å². The van der Waals surface area contributed by atoms with E-state index >= 15 is 0 Å². The molecule has 2 heterocycles. The van der Waals surface area contributed by atoms with Crippen LogP contribution in [0.3, 0.4) is 0 Å². The number of aliphatic carboxylic acids is 1. The van der Waals surface area contributed by atoms with Crippen molar-refractivity contribution in [2.24, 2.45) is 0 Å². The molecule has 0 aliphatic heterocycles. The topological polar surface area (TPSA) is 129 Å². The maximum Gasteiger partial charge on any atom is 0.320 e. The Morgan fingerprint density at radius 3 is 2.70 bits per heavy atom. The van der Waals surface area contributed by atoms with E-state index in [4.69, 9.17) is 5.11 Å². The van der Waals surface area contributed by atoms with Crippen LogP contribution < -0.4 is 16.0 Å². The van der Waals surface area contributed by atoms with Crippen molar-refractivity contribution in [1.82, 2.24) is 20.3 Å². The normalized spacial score (nSPS) is 10.4. The molecule has 3 aromatic rings. The molecular formula is C18H18N6O3. The summed E-state index contributed by atoms with van der Waals surface area (Å²) in [5.74, 6) is -0.0741. The van der Waals surface area contributed by atoms with Gasteiger partial charge in [-0.3, -0.25) is 10.1 Å². The molecule has 0 fully saturated rings. The number of hydrogen-bond donors (Lipinski definition) is 4. The van der Waals surface area contributed by atoms with E-state index in [9.17, 15) is 9.59 Å². The minimum atomic E-state index is -0.894. The highest BCUT2D eigenvalue weighted by Crippen LogP contribution is 2.18. The van der Waals surface area contributed by atoms with Gasteiger partial charge in [0.15, 0.2) is 11.5 Å². The number of fused-ring (bicyclic) bond motifs is 1. The highest BCUT2D eigenvalue weighted by atomic mass is 16.4. The molecule has 4 N–H and O–H groups in total. The summed E-state index contributed by atoms with van der Waals surface area (Å²) in [4.78, 5) is 35.5. The van der Waals surface area contributed by atoms with Gasteiger partial charge in [-0.15, -0.1) is 0 Å². The van der Waals surface area contributed by atoms with Crippen LogP contribution in [0.2, 0.25) is 0 Å². The van der Waals surface area contributed by atoms with Gasteiger partial charge in [0.25, 0.3) is 0 Å². The molecule has 1 aromatic carbocycles. The molecule has 0 bridgehead atoms. The Bertz CT molecular complexity index is 992. The van der Waals surface area contributed by atoms with E-state index in [1.54, 1.807) is 42.6 Å². The van der Waals surface area contributed by atoms with Crippen LogP contribution in [-0.4, -0.2) is 38.6 Å². The van der Waals surface area contributed by atoms with Gasteiger partial charge in [-0.25, -0.2) is 19.7 Å². The Balaban J connectivity index is 1.81. The van der Waals surface area contributed by atoms with Gasteiger partial charge in [0, 0.05) is 12.2 Å². The summed E-state index contributed by atoms with van der Waals surface area (Å²) in [6.45, 7) is 2.33. The molecule has 0 aliphatic rings. The van der Waals surface area contributed by atoms with Gasteiger partial charge in [0.2, 0.25) is 0 Å². The molecule has 0 spiro atoms. The summed E-state index contributed by atoms with van der Waals surface area (Å²) in [5.41, 5.74) is 2.32. The second-order valence-corrected chi connectivity index (χ2v) is 5.67. The van der Waals surface area contributed by atoms with E-state index in [-0.39, 0.29) is 12.5 Å². The number of pyridine rings is 1. The number of hydrogen-bond acceptors (Lipinski definition) is 6. The quantitative estimate of drug-likeness (QED) is 0.527. The standard InChI is InChI=1S/C18H18N6O3/c1-2-19-18(27)24-14-7-6-13-17(22-14)23-15(10-20-13)21-12-5-3-4-11(8-12)9-16(25)26/h3-8,10H,2,9H2,1H3,(H,25,26)(H3,19,21,22,23,24,27). The monoisotopic (exact) mass is 366 g/mol. The first-order chi connectivity index (χ1) is 13.0. The third-order valence-electron chi connectivity index (χ3n) is 3.54. The minimum absolute atomic E-state index is 0.0602. The first kappa shape index (κ1) is 18.1. The molecule has 0 atom stereocenters. The SMILES string of the molecule is CCNC(=O)Nc1ccc2ncc(Nc3cccc(CC(=O)O)c3)nc2n1. The van der Waals surface area contributed by atoms with Crippen molar-refractivity contribution in [1.29, 1.82) is 0 Å².